The zero-order valence-electron chi connectivity index (χ0n) is 11.7. The number of non-ortho nitro benzene ring substituents is 1. The third-order valence-corrected chi connectivity index (χ3v) is 3.70. The maximum atomic E-state index is 10.8. The van der Waals surface area contributed by atoms with Crippen molar-refractivity contribution in [2.45, 2.75) is 19.9 Å². The Hall–Kier alpha value is -1.92. The second kappa shape index (κ2) is 6.24. The first kappa shape index (κ1) is 15.5. The molecule has 0 aliphatic heterocycles. The highest BCUT2D eigenvalue weighted by Gasteiger charge is 2.12. The normalized spacial score (nSPS) is 12.0. The van der Waals surface area contributed by atoms with Crippen molar-refractivity contribution in [2.75, 3.05) is 0 Å². The lowest BCUT2D eigenvalue weighted by Crippen LogP contribution is -2.04. The lowest BCUT2D eigenvalue weighted by molar-refractivity contribution is -0.384. The van der Waals surface area contributed by atoms with E-state index in [-0.39, 0.29) is 11.7 Å². The summed E-state index contributed by atoms with van der Waals surface area (Å²) in [5, 5.41) is 10.8. The van der Waals surface area contributed by atoms with Crippen LogP contribution in [0.4, 0.5) is 5.69 Å². The lowest BCUT2D eigenvalue weighted by atomic mass is 10.1. The van der Waals surface area contributed by atoms with Crippen molar-refractivity contribution >= 4 is 21.6 Å². The minimum atomic E-state index is -0.444. The van der Waals surface area contributed by atoms with Gasteiger partial charge < -0.3 is 10.5 Å². The Kier molecular flexibility index (Phi) is 4.59. The number of ether oxygens (including phenoxy) is 1. The molecule has 0 aromatic heterocycles. The van der Waals surface area contributed by atoms with Crippen LogP contribution in [0, 0.1) is 17.0 Å². The van der Waals surface area contributed by atoms with E-state index in [9.17, 15) is 10.1 Å². The number of nitrogens with zero attached hydrogens (tertiary/aromatic N) is 1. The van der Waals surface area contributed by atoms with Crippen molar-refractivity contribution in [3.63, 3.8) is 0 Å². The van der Waals surface area contributed by atoms with Crippen LogP contribution >= 0.6 is 15.9 Å². The molecule has 1 atom stereocenters. The van der Waals surface area contributed by atoms with Crippen molar-refractivity contribution in [1.82, 2.24) is 0 Å². The molecule has 5 nitrogen and oxygen atoms in total. The second-order valence-electron chi connectivity index (χ2n) is 4.79. The smallest absolute Gasteiger partial charge is 0.273 e. The minimum Gasteiger partial charge on any atom is -0.456 e. The Morgan fingerprint density at radius 3 is 2.52 bits per heavy atom. The lowest BCUT2D eigenvalue weighted by Gasteiger charge is -2.12. The van der Waals surface area contributed by atoms with Crippen molar-refractivity contribution in [3.8, 4) is 11.5 Å². The molecular formula is C15H15BrN2O3. The summed E-state index contributed by atoms with van der Waals surface area (Å²) in [5.74, 6) is 1.04. The molecule has 0 heterocycles. The predicted molar refractivity (Wildman–Crippen MR) is 84.7 cm³/mol. The summed E-state index contributed by atoms with van der Waals surface area (Å²) in [6.07, 6.45) is 0. The summed E-state index contributed by atoms with van der Waals surface area (Å²) < 4.78 is 6.53. The number of rotatable bonds is 4. The van der Waals surface area contributed by atoms with E-state index < -0.39 is 4.92 Å². The molecule has 0 radical (unpaired) electrons. The van der Waals surface area contributed by atoms with Crippen LogP contribution in [-0.4, -0.2) is 4.92 Å². The van der Waals surface area contributed by atoms with E-state index in [1.807, 2.05) is 26.0 Å². The van der Waals surface area contributed by atoms with Gasteiger partial charge in [0.2, 0.25) is 0 Å². The molecule has 0 saturated heterocycles. The number of hydrogen-bond donors (Lipinski definition) is 1. The van der Waals surface area contributed by atoms with Gasteiger partial charge in [-0.05, 0) is 59.1 Å². The molecule has 110 valence electrons. The Bertz CT molecular complexity index is 687. The molecule has 0 fully saturated rings. The van der Waals surface area contributed by atoms with Gasteiger partial charge in [0.1, 0.15) is 11.5 Å². The largest absolute Gasteiger partial charge is 0.456 e. The Morgan fingerprint density at radius 2 is 1.95 bits per heavy atom. The van der Waals surface area contributed by atoms with Crippen LogP contribution in [0.5, 0.6) is 11.5 Å². The third-order valence-electron chi connectivity index (χ3n) is 3.08. The van der Waals surface area contributed by atoms with Gasteiger partial charge in [-0.25, -0.2) is 0 Å². The Labute approximate surface area is 131 Å². The van der Waals surface area contributed by atoms with Gasteiger partial charge in [0.05, 0.1) is 15.5 Å². The van der Waals surface area contributed by atoms with Crippen LogP contribution in [0.15, 0.2) is 40.9 Å². The van der Waals surface area contributed by atoms with Crippen LogP contribution in [-0.2, 0) is 0 Å². The summed E-state index contributed by atoms with van der Waals surface area (Å²) >= 11 is 3.43. The average Bonchev–Trinajstić information content (AvgIpc) is 2.42. The monoisotopic (exact) mass is 350 g/mol. The first-order valence-electron chi connectivity index (χ1n) is 6.36. The third kappa shape index (κ3) is 3.59. The molecule has 2 aromatic carbocycles. The molecule has 2 aromatic rings. The number of hydrogen-bond acceptors (Lipinski definition) is 4. The summed E-state index contributed by atoms with van der Waals surface area (Å²) in [7, 11) is 0. The number of nitro groups is 1. The maximum Gasteiger partial charge on any atom is 0.273 e. The van der Waals surface area contributed by atoms with Gasteiger partial charge in [-0.2, -0.15) is 0 Å². The minimum absolute atomic E-state index is 0.000997. The van der Waals surface area contributed by atoms with Crippen LogP contribution < -0.4 is 10.5 Å². The van der Waals surface area contributed by atoms with E-state index in [0.29, 0.717) is 11.5 Å². The number of nitrogens with two attached hydrogens (primary N) is 1. The number of benzene rings is 2. The molecule has 0 aliphatic rings. The highest BCUT2D eigenvalue weighted by atomic mass is 79.9. The first-order valence-corrected chi connectivity index (χ1v) is 7.15. The quantitative estimate of drug-likeness (QED) is 0.651. The van der Waals surface area contributed by atoms with E-state index in [4.69, 9.17) is 10.5 Å². The molecule has 6 heteroatoms. The summed E-state index contributed by atoms with van der Waals surface area (Å²) in [5.41, 5.74) is 7.62. The van der Waals surface area contributed by atoms with Crippen molar-refractivity contribution in [2.24, 2.45) is 5.73 Å². The molecule has 0 saturated carbocycles. The van der Waals surface area contributed by atoms with Gasteiger partial charge >= 0.3 is 0 Å². The zero-order valence-corrected chi connectivity index (χ0v) is 13.3. The standard InChI is InChI=1S/C15H15BrN2O3/c1-9-3-5-12(18(19)20)8-15(9)21-14-6-4-11(10(2)17)7-13(14)16/h3-8,10H,17H2,1-2H3/t10-/m0/s1. The molecule has 2 N–H and O–H groups in total. The van der Waals surface area contributed by atoms with Crippen LogP contribution in [0.25, 0.3) is 0 Å². The molecule has 0 unspecified atom stereocenters. The summed E-state index contributed by atoms with van der Waals surface area (Å²) in [6.45, 7) is 3.73. The predicted octanol–water partition coefficient (Wildman–Crippen LogP) is 4.48. The topological polar surface area (TPSA) is 78.4 Å². The van der Waals surface area contributed by atoms with Gasteiger partial charge in [0.25, 0.3) is 5.69 Å². The summed E-state index contributed by atoms with van der Waals surface area (Å²) in [4.78, 5) is 10.4. The first-order chi connectivity index (χ1) is 9.88. The zero-order chi connectivity index (χ0) is 15.6. The van der Waals surface area contributed by atoms with Gasteiger partial charge in [-0.1, -0.05) is 6.07 Å². The van der Waals surface area contributed by atoms with Gasteiger partial charge in [-0.15, -0.1) is 0 Å². The summed E-state index contributed by atoms with van der Waals surface area (Å²) in [6, 6.07) is 10.0. The van der Waals surface area contributed by atoms with E-state index >= 15 is 0 Å². The van der Waals surface area contributed by atoms with Crippen molar-refractivity contribution in [3.05, 3.63) is 62.1 Å². The van der Waals surface area contributed by atoms with Crippen molar-refractivity contribution in [1.29, 1.82) is 0 Å². The maximum absolute atomic E-state index is 10.8. The van der Waals surface area contributed by atoms with Crippen LogP contribution in [0.1, 0.15) is 24.1 Å². The highest BCUT2D eigenvalue weighted by molar-refractivity contribution is 9.10. The van der Waals surface area contributed by atoms with E-state index in [0.717, 1.165) is 15.6 Å². The molecule has 0 aliphatic carbocycles. The van der Waals surface area contributed by atoms with Crippen molar-refractivity contribution < 1.29 is 9.66 Å². The fourth-order valence-electron chi connectivity index (χ4n) is 1.81. The van der Waals surface area contributed by atoms with E-state index in [1.165, 1.54) is 12.1 Å². The van der Waals surface area contributed by atoms with Gasteiger partial charge in [0, 0.05) is 12.1 Å². The molecule has 0 bridgehead atoms. The molecule has 0 spiro atoms. The highest BCUT2D eigenvalue weighted by Crippen LogP contribution is 2.34. The molecule has 21 heavy (non-hydrogen) atoms. The SMILES string of the molecule is Cc1ccc([N+](=O)[O-])cc1Oc1ccc([C@H](C)N)cc1Br. The fraction of sp³-hybridized carbons (Fsp3) is 0.200. The number of nitro benzene ring substituents is 1. The second-order valence-corrected chi connectivity index (χ2v) is 5.64. The molecule has 2 rings (SSSR count). The Morgan fingerprint density at radius 1 is 1.24 bits per heavy atom. The van der Waals surface area contributed by atoms with E-state index in [1.54, 1.807) is 12.1 Å². The van der Waals surface area contributed by atoms with Gasteiger partial charge in [0.15, 0.2) is 0 Å². The van der Waals surface area contributed by atoms with Gasteiger partial charge in [-0.3, -0.25) is 10.1 Å². The number of aryl methyl sites for hydroxylation is 1. The fourth-order valence-corrected chi connectivity index (χ4v) is 2.29. The molecular weight excluding hydrogens is 336 g/mol. The Balaban J connectivity index is 2.34. The van der Waals surface area contributed by atoms with E-state index in [2.05, 4.69) is 15.9 Å². The molecule has 0 amide bonds. The average molecular weight is 351 g/mol. The van der Waals surface area contributed by atoms with Crippen LogP contribution in [0.2, 0.25) is 0 Å². The van der Waals surface area contributed by atoms with Crippen LogP contribution in [0.3, 0.4) is 0 Å². The number of halogens is 1.